The van der Waals surface area contributed by atoms with Crippen LogP contribution in [0.3, 0.4) is 0 Å². The van der Waals surface area contributed by atoms with Gasteiger partial charge in [0.2, 0.25) is 0 Å². The lowest BCUT2D eigenvalue weighted by molar-refractivity contribution is -0.157. The van der Waals surface area contributed by atoms with E-state index in [1.54, 1.807) is 12.2 Å². The summed E-state index contributed by atoms with van der Waals surface area (Å²) in [5.74, 6) is 1.18. The molecule has 1 N–H and O–H groups in total. The summed E-state index contributed by atoms with van der Waals surface area (Å²) in [5.41, 5.74) is 1.94. The number of hydrogen-bond acceptors (Lipinski definition) is 6. The van der Waals surface area contributed by atoms with Crippen LogP contribution in [0.5, 0.6) is 0 Å². The molecule has 6 heteroatoms. The summed E-state index contributed by atoms with van der Waals surface area (Å²) in [5, 5.41) is 9.85. The molecular weight excluding hydrogens is 612 g/mol. The highest BCUT2D eigenvalue weighted by Crippen LogP contribution is 2.44. The van der Waals surface area contributed by atoms with E-state index >= 15 is 0 Å². The number of ether oxygens (including phenoxy) is 5. The van der Waals surface area contributed by atoms with Crippen molar-refractivity contribution in [3.8, 4) is 0 Å². The molecule has 5 unspecified atom stereocenters. The van der Waals surface area contributed by atoms with E-state index in [-0.39, 0.29) is 36.6 Å². The van der Waals surface area contributed by atoms with Gasteiger partial charge in [-0.15, -0.1) is 13.2 Å². The van der Waals surface area contributed by atoms with Crippen LogP contribution >= 0.6 is 0 Å². The average Bonchev–Trinajstić information content (AvgIpc) is 3.25. The third-order valence-corrected chi connectivity index (χ3v) is 9.03. The van der Waals surface area contributed by atoms with Crippen molar-refractivity contribution >= 4 is 0 Å². The quantitative estimate of drug-likeness (QED) is 0.0995. The summed E-state index contributed by atoms with van der Waals surface area (Å²) in [7, 11) is 0. The van der Waals surface area contributed by atoms with Gasteiger partial charge in [0.15, 0.2) is 0 Å². The molecular formula is C43H60O6. The molecule has 0 fully saturated rings. The Bertz CT molecular complexity index is 1380. The SMILES string of the molecule is C=CCOCC(CC(C)(C)OC1=CC(C)(C(C)c2ccccc2)C=CC=C1C(C)c1ccccc1)OCC(COCC=C)OC(C)(C)CO. The van der Waals surface area contributed by atoms with Crippen molar-refractivity contribution in [3.05, 3.63) is 133 Å². The van der Waals surface area contributed by atoms with Crippen LogP contribution in [0.25, 0.3) is 0 Å². The van der Waals surface area contributed by atoms with Crippen LogP contribution < -0.4 is 0 Å². The van der Waals surface area contributed by atoms with E-state index < -0.39 is 17.3 Å². The van der Waals surface area contributed by atoms with Crippen LogP contribution in [-0.2, 0) is 23.7 Å². The monoisotopic (exact) mass is 672 g/mol. The fourth-order valence-electron chi connectivity index (χ4n) is 6.06. The lowest BCUT2D eigenvalue weighted by Gasteiger charge is -2.36. The normalized spacial score (nSPS) is 19.2. The molecule has 1 aliphatic carbocycles. The second-order valence-electron chi connectivity index (χ2n) is 14.5. The number of benzene rings is 2. The zero-order valence-corrected chi connectivity index (χ0v) is 30.9. The molecule has 5 atom stereocenters. The Morgan fingerprint density at radius 3 is 1.94 bits per heavy atom. The summed E-state index contributed by atoms with van der Waals surface area (Å²) in [4.78, 5) is 0. The molecule has 2 aromatic rings. The van der Waals surface area contributed by atoms with Crippen LogP contribution in [0.4, 0.5) is 0 Å². The summed E-state index contributed by atoms with van der Waals surface area (Å²) >= 11 is 0. The lowest BCUT2D eigenvalue weighted by Crippen LogP contribution is -2.41. The average molecular weight is 673 g/mol. The van der Waals surface area contributed by atoms with E-state index in [1.807, 2.05) is 19.9 Å². The molecule has 0 aromatic heterocycles. The van der Waals surface area contributed by atoms with Gasteiger partial charge in [-0.3, -0.25) is 0 Å². The van der Waals surface area contributed by atoms with E-state index in [0.29, 0.717) is 32.8 Å². The molecule has 0 bridgehead atoms. The van der Waals surface area contributed by atoms with E-state index in [4.69, 9.17) is 23.7 Å². The van der Waals surface area contributed by atoms with Crippen LogP contribution in [0.2, 0.25) is 0 Å². The van der Waals surface area contributed by atoms with Crippen LogP contribution in [0.15, 0.2) is 122 Å². The molecule has 0 aliphatic heterocycles. The van der Waals surface area contributed by atoms with Crippen molar-refractivity contribution in [3.63, 3.8) is 0 Å². The maximum Gasteiger partial charge on any atom is 0.120 e. The molecule has 49 heavy (non-hydrogen) atoms. The van der Waals surface area contributed by atoms with Crippen LogP contribution in [0, 0.1) is 5.41 Å². The molecule has 0 spiro atoms. The van der Waals surface area contributed by atoms with Gasteiger partial charge in [-0.25, -0.2) is 0 Å². The number of hydrogen-bond donors (Lipinski definition) is 1. The maximum absolute atomic E-state index is 9.85. The molecule has 6 nitrogen and oxygen atoms in total. The number of rotatable bonds is 22. The molecule has 1 aliphatic rings. The van der Waals surface area contributed by atoms with E-state index in [1.165, 1.54) is 11.1 Å². The van der Waals surface area contributed by atoms with Gasteiger partial charge >= 0.3 is 0 Å². The lowest BCUT2D eigenvalue weighted by atomic mass is 9.73. The number of allylic oxidation sites excluding steroid dienone is 5. The molecule has 0 saturated carbocycles. The molecule has 3 rings (SSSR count). The Morgan fingerprint density at radius 1 is 0.796 bits per heavy atom. The summed E-state index contributed by atoms with van der Waals surface area (Å²) in [6.45, 7) is 23.8. The first kappa shape index (κ1) is 40.2. The van der Waals surface area contributed by atoms with Gasteiger partial charge in [0.1, 0.15) is 17.5 Å². The minimum Gasteiger partial charge on any atom is -0.488 e. The molecule has 0 saturated heterocycles. The summed E-state index contributed by atoms with van der Waals surface area (Å²) < 4.78 is 31.5. The van der Waals surface area contributed by atoms with Gasteiger partial charge < -0.3 is 28.8 Å². The van der Waals surface area contributed by atoms with Gasteiger partial charge in [-0.1, -0.05) is 112 Å². The highest BCUT2D eigenvalue weighted by atomic mass is 16.6. The van der Waals surface area contributed by atoms with Crippen molar-refractivity contribution in [1.82, 2.24) is 0 Å². The first-order valence-electron chi connectivity index (χ1n) is 17.5. The molecule has 268 valence electrons. The highest BCUT2D eigenvalue weighted by molar-refractivity contribution is 5.45. The Labute approximate surface area is 296 Å². The summed E-state index contributed by atoms with van der Waals surface area (Å²) in [6, 6.07) is 21.2. The Morgan fingerprint density at radius 2 is 1.37 bits per heavy atom. The van der Waals surface area contributed by atoms with Crippen LogP contribution in [0.1, 0.15) is 77.8 Å². The maximum atomic E-state index is 9.85. The zero-order valence-electron chi connectivity index (χ0n) is 30.9. The van der Waals surface area contributed by atoms with Crippen molar-refractivity contribution in [1.29, 1.82) is 0 Å². The van der Waals surface area contributed by atoms with Gasteiger partial charge in [0, 0.05) is 23.3 Å². The summed E-state index contributed by atoms with van der Waals surface area (Å²) in [6.07, 6.45) is 12.3. The Hall–Kier alpha value is -3.26. The smallest absolute Gasteiger partial charge is 0.120 e. The third-order valence-electron chi connectivity index (χ3n) is 9.03. The highest BCUT2D eigenvalue weighted by Gasteiger charge is 2.35. The largest absolute Gasteiger partial charge is 0.488 e. The topological polar surface area (TPSA) is 66.4 Å². The first-order chi connectivity index (χ1) is 23.3. The standard InChI is InChI=1S/C43H60O6/c1-10-25-45-29-37(47-31-38(30-46-26-11-2)48-42(7,8)32-44)27-41(5,6)49-40-28-43(9,34(4)36-21-16-13-17-22-36)24-18-23-39(40)33(3)35-19-14-12-15-20-35/h10-24,28,33-34,37-38,44H,1-2,25-27,29-32H2,3-9H3. The van der Waals surface area contributed by atoms with Gasteiger partial charge in [-0.2, -0.15) is 0 Å². The minimum absolute atomic E-state index is 0.105. The number of aliphatic hydroxyl groups is 1. The zero-order chi connectivity index (χ0) is 35.9. The predicted molar refractivity (Wildman–Crippen MR) is 201 cm³/mol. The van der Waals surface area contributed by atoms with E-state index in [0.717, 1.165) is 11.3 Å². The second kappa shape index (κ2) is 19.2. The predicted octanol–water partition coefficient (Wildman–Crippen LogP) is 9.11. The Kier molecular flexibility index (Phi) is 15.8. The van der Waals surface area contributed by atoms with Gasteiger partial charge in [0.05, 0.1) is 51.3 Å². The van der Waals surface area contributed by atoms with E-state index in [2.05, 4.69) is 127 Å². The van der Waals surface area contributed by atoms with Crippen molar-refractivity contribution in [2.45, 2.75) is 90.1 Å². The third kappa shape index (κ3) is 12.9. The first-order valence-corrected chi connectivity index (χ1v) is 17.5. The Balaban J connectivity index is 1.92. The fourth-order valence-corrected chi connectivity index (χ4v) is 6.06. The second-order valence-corrected chi connectivity index (χ2v) is 14.5. The van der Waals surface area contributed by atoms with Gasteiger partial charge in [0.25, 0.3) is 0 Å². The van der Waals surface area contributed by atoms with Gasteiger partial charge in [-0.05, 0) is 50.8 Å². The van der Waals surface area contributed by atoms with Crippen molar-refractivity contribution < 1.29 is 28.8 Å². The number of aliphatic hydroxyl groups excluding tert-OH is 1. The fraction of sp³-hybridized carbons (Fsp3) is 0.488. The minimum atomic E-state index is -0.746. The molecule has 0 amide bonds. The molecule has 0 heterocycles. The molecule has 0 radical (unpaired) electrons. The van der Waals surface area contributed by atoms with Crippen molar-refractivity contribution in [2.75, 3.05) is 39.6 Å². The molecule has 2 aromatic carbocycles. The van der Waals surface area contributed by atoms with E-state index in [9.17, 15) is 5.11 Å². The van der Waals surface area contributed by atoms with Crippen molar-refractivity contribution in [2.24, 2.45) is 5.41 Å². The van der Waals surface area contributed by atoms with Crippen LogP contribution in [-0.4, -0.2) is 68.2 Å².